The third-order valence-corrected chi connectivity index (χ3v) is 4.35. The van der Waals surface area contributed by atoms with Crippen LogP contribution in [0.15, 0.2) is 0 Å². The van der Waals surface area contributed by atoms with Gasteiger partial charge in [0.15, 0.2) is 0 Å². The molecule has 1 saturated carbocycles. The van der Waals surface area contributed by atoms with Gasteiger partial charge in [0.2, 0.25) is 0 Å². The number of carbonyl (C=O) groups is 1. The quantitative estimate of drug-likeness (QED) is 0.709. The largest absolute Gasteiger partial charge is 0.469 e. The van der Waals surface area contributed by atoms with Gasteiger partial charge in [-0.15, -0.1) is 0 Å². The molecule has 0 unspecified atom stereocenters. The summed E-state index contributed by atoms with van der Waals surface area (Å²) in [6, 6.07) is 0.674. The van der Waals surface area contributed by atoms with E-state index in [4.69, 9.17) is 4.74 Å². The van der Waals surface area contributed by atoms with Crippen LogP contribution in [0.1, 0.15) is 46.5 Å². The molecule has 0 N–H and O–H groups in total. The highest BCUT2D eigenvalue weighted by Gasteiger charge is 2.49. The molecule has 0 aromatic carbocycles. The third-order valence-electron chi connectivity index (χ3n) is 4.35. The van der Waals surface area contributed by atoms with Crippen LogP contribution in [0.25, 0.3) is 0 Å². The van der Waals surface area contributed by atoms with Gasteiger partial charge in [0, 0.05) is 19.1 Å². The molecular weight excluding hydrogens is 214 g/mol. The fourth-order valence-electron chi connectivity index (χ4n) is 4.18. The van der Waals surface area contributed by atoms with E-state index >= 15 is 0 Å². The van der Waals surface area contributed by atoms with Gasteiger partial charge in [-0.05, 0) is 30.1 Å². The Labute approximate surface area is 105 Å². The number of likely N-dealkylation sites (tertiary alicyclic amines) is 1. The van der Waals surface area contributed by atoms with E-state index in [1.54, 1.807) is 0 Å². The Morgan fingerprint density at radius 3 is 2.71 bits per heavy atom. The van der Waals surface area contributed by atoms with Gasteiger partial charge >= 0.3 is 5.97 Å². The van der Waals surface area contributed by atoms with Gasteiger partial charge in [-0.1, -0.05) is 20.8 Å². The van der Waals surface area contributed by atoms with E-state index in [9.17, 15) is 4.79 Å². The smallest absolute Gasteiger partial charge is 0.306 e. The lowest BCUT2D eigenvalue weighted by Crippen LogP contribution is -2.35. The molecule has 0 amide bonds. The summed E-state index contributed by atoms with van der Waals surface area (Å²) in [5.41, 5.74) is 0.917. The number of ether oxygens (including phenoxy) is 1. The second-order valence-corrected chi connectivity index (χ2v) is 7.01. The lowest BCUT2D eigenvalue weighted by Gasteiger charge is -2.39. The maximum absolute atomic E-state index is 11.2. The van der Waals surface area contributed by atoms with Crippen LogP contribution in [0.5, 0.6) is 0 Å². The first-order valence-corrected chi connectivity index (χ1v) is 6.64. The third kappa shape index (κ3) is 2.82. The van der Waals surface area contributed by atoms with Crippen molar-refractivity contribution in [1.82, 2.24) is 4.90 Å². The zero-order chi connectivity index (χ0) is 12.7. The average Bonchev–Trinajstić information content (AvgIpc) is 2.43. The Balaban J connectivity index is 1.96. The fourth-order valence-corrected chi connectivity index (χ4v) is 4.18. The Morgan fingerprint density at radius 1 is 1.35 bits per heavy atom. The van der Waals surface area contributed by atoms with Crippen molar-refractivity contribution in [3.05, 3.63) is 0 Å². The first kappa shape index (κ1) is 12.9. The van der Waals surface area contributed by atoms with Crippen molar-refractivity contribution < 1.29 is 9.53 Å². The molecule has 2 rings (SSSR count). The molecule has 1 aliphatic carbocycles. The Hall–Kier alpha value is -0.570. The molecule has 2 bridgehead atoms. The molecule has 0 spiro atoms. The summed E-state index contributed by atoms with van der Waals surface area (Å²) in [5.74, 6) is -0.0872. The van der Waals surface area contributed by atoms with Crippen LogP contribution < -0.4 is 0 Å². The predicted molar refractivity (Wildman–Crippen MR) is 67.7 cm³/mol. The zero-order valence-electron chi connectivity index (χ0n) is 11.6. The number of rotatable bonds is 3. The van der Waals surface area contributed by atoms with Crippen molar-refractivity contribution >= 4 is 5.97 Å². The maximum Gasteiger partial charge on any atom is 0.306 e. The topological polar surface area (TPSA) is 29.5 Å². The van der Waals surface area contributed by atoms with Crippen LogP contribution in [0.4, 0.5) is 0 Å². The van der Waals surface area contributed by atoms with Crippen molar-refractivity contribution in [3.63, 3.8) is 0 Å². The molecule has 3 nitrogen and oxygen atoms in total. The van der Waals surface area contributed by atoms with E-state index in [-0.39, 0.29) is 5.97 Å². The fraction of sp³-hybridized carbons (Fsp3) is 0.929. The summed E-state index contributed by atoms with van der Waals surface area (Å²) in [6.45, 7) is 9.17. The lowest BCUT2D eigenvalue weighted by molar-refractivity contribution is -0.141. The molecule has 0 aromatic heterocycles. The Morgan fingerprint density at radius 2 is 2.06 bits per heavy atom. The minimum absolute atomic E-state index is 0.0872. The van der Waals surface area contributed by atoms with Crippen molar-refractivity contribution in [1.29, 1.82) is 0 Å². The minimum Gasteiger partial charge on any atom is -0.469 e. The van der Waals surface area contributed by atoms with E-state index in [0.717, 1.165) is 13.1 Å². The first-order chi connectivity index (χ1) is 7.84. The molecule has 0 aromatic rings. The van der Waals surface area contributed by atoms with E-state index in [2.05, 4.69) is 25.7 Å². The van der Waals surface area contributed by atoms with Crippen LogP contribution in [-0.2, 0) is 9.53 Å². The zero-order valence-corrected chi connectivity index (χ0v) is 11.6. The number of fused-ring (bicyclic) bond motifs is 2. The minimum atomic E-state index is -0.0872. The first-order valence-electron chi connectivity index (χ1n) is 6.64. The Bertz CT molecular complexity index is 313. The van der Waals surface area contributed by atoms with Crippen molar-refractivity contribution in [2.24, 2.45) is 10.8 Å². The lowest BCUT2D eigenvalue weighted by atomic mass is 9.65. The van der Waals surface area contributed by atoms with Gasteiger partial charge in [0.1, 0.15) is 0 Å². The van der Waals surface area contributed by atoms with Gasteiger partial charge in [0.05, 0.1) is 13.5 Å². The van der Waals surface area contributed by atoms with E-state index in [1.807, 2.05) is 0 Å². The number of nitrogens with zero attached hydrogens (tertiary/aromatic N) is 1. The van der Waals surface area contributed by atoms with Gasteiger partial charge in [0.25, 0.3) is 0 Å². The van der Waals surface area contributed by atoms with E-state index in [1.165, 1.54) is 26.4 Å². The second kappa shape index (κ2) is 4.27. The molecule has 2 aliphatic rings. The maximum atomic E-state index is 11.2. The van der Waals surface area contributed by atoms with Gasteiger partial charge in [-0.3, -0.25) is 9.69 Å². The van der Waals surface area contributed by atoms with Gasteiger partial charge < -0.3 is 4.74 Å². The molecule has 1 saturated heterocycles. The molecule has 1 aliphatic heterocycles. The summed E-state index contributed by atoms with van der Waals surface area (Å²) < 4.78 is 4.72. The molecule has 0 radical (unpaired) electrons. The molecule has 2 atom stereocenters. The number of hydrogen-bond donors (Lipinski definition) is 0. The summed E-state index contributed by atoms with van der Waals surface area (Å²) >= 11 is 0. The number of carbonyl (C=O) groups excluding carboxylic acids is 1. The molecule has 3 heteroatoms. The highest BCUT2D eigenvalue weighted by Crippen LogP contribution is 2.52. The predicted octanol–water partition coefficient (Wildman–Crippen LogP) is 2.45. The van der Waals surface area contributed by atoms with Crippen LogP contribution in [0, 0.1) is 10.8 Å². The van der Waals surface area contributed by atoms with Crippen LogP contribution >= 0.6 is 0 Å². The number of hydrogen-bond acceptors (Lipinski definition) is 3. The van der Waals surface area contributed by atoms with Crippen molar-refractivity contribution in [2.45, 2.75) is 52.5 Å². The molecule has 2 fully saturated rings. The Kier molecular flexibility index (Phi) is 3.23. The SMILES string of the molecule is COC(=O)CCN1C[C@@]2(C)C[C@@H]1CC(C)(C)C2. The van der Waals surface area contributed by atoms with Gasteiger partial charge in [-0.25, -0.2) is 0 Å². The van der Waals surface area contributed by atoms with Crippen molar-refractivity contribution in [3.8, 4) is 0 Å². The average molecular weight is 239 g/mol. The van der Waals surface area contributed by atoms with Crippen molar-refractivity contribution in [2.75, 3.05) is 20.2 Å². The summed E-state index contributed by atoms with van der Waals surface area (Å²) in [6.07, 6.45) is 4.41. The molecular formula is C14H25NO2. The van der Waals surface area contributed by atoms with E-state index in [0.29, 0.717) is 23.3 Å². The molecule has 1 heterocycles. The molecule has 98 valence electrons. The number of esters is 1. The van der Waals surface area contributed by atoms with Crippen LogP contribution in [0.3, 0.4) is 0 Å². The summed E-state index contributed by atoms with van der Waals surface area (Å²) in [7, 11) is 1.47. The van der Waals surface area contributed by atoms with Gasteiger partial charge in [-0.2, -0.15) is 0 Å². The normalized spacial score (nSPS) is 35.9. The highest BCUT2D eigenvalue weighted by atomic mass is 16.5. The summed E-state index contributed by atoms with van der Waals surface area (Å²) in [4.78, 5) is 13.7. The van der Waals surface area contributed by atoms with E-state index < -0.39 is 0 Å². The molecule has 17 heavy (non-hydrogen) atoms. The second-order valence-electron chi connectivity index (χ2n) is 7.01. The monoisotopic (exact) mass is 239 g/mol. The highest BCUT2D eigenvalue weighted by molar-refractivity contribution is 5.69. The van der Waals surface area contributed by atoms with Crippen LogP contribution in [0.2, 0.25) is 0 Å². The number of methoxy groups -OCH3 is 1. The summed E-state index contributed by atoms with van der Waals surface area (Å²) in [5, 5.41) is 0. The standard InChI is InChI=1S/C14H25NO2/c1-13(2)7-11-8-14(3,9-13)10-15(11)6-5-12(16)17-4/h11H,5-10H2,1-4H3/t11-,14-/m0/s1. The van der Waals surface area contributed by atoms with Crippen LogP contribution in [-0.4, -0.2) is 37.1 Å².